The quantitative estimate of drug-likeness (QED) is 0.492. The van der Waals surface area contributed by atoms with Crippen molar-refractivity contribution in [2.45, 2.75) is 19.6 Å². The van der Waals surface area contributed by atoms with Crippen LogP contribution in [-0.2, 0) is 6.61 Å². The van der Waals surface area contributed by atoms with Gasteiger partial charge in [0.25, 0.3) is 5.91 Å². The number of carbonyl (C=O) groups excluding carboxylic acids is 1. The third-order valence-corrected chi connectivity index (χ3v) is 4.65. The van der Waals surface area contributed by atoms with Gasteiger partial charge in [-0.1, -0.05) is 12.1 Å². The summed E-state index contributed by atoms with van der Waals surface area (Å²) in [5.74, 6) is 0.264. The van der Waals surface area contributed by atoms with Gasteiger partial charge in [-0.05, 0) is 37.3 Å². The van der Waals surface area contributed by atoms with E-state index < -0.39 is 6.04 Å². The molecule has 4 heterocycles. The van der Waals surface area contributed by atoms with Crippen LogP contribution in [0.3, 0.4) is 0 Å². The van der Waals surface area contributed by atoms with E-state index in [4.69, 9.17) is 4.74 Å². The van der Waals surface area contributed by atoms with E-state index in [9.17, 15) is 9.90 Å². The largest absolute Gasteiger partial charge is 0.487 e. The monoisotopic (exact) mass is 403 g/mol. The number of nitrogens with zero attached hydrogens (tertiary/aromatic N) is 4. The second-order valence-corrected chi connectivity index (χ2v) is 6.73. The molecule has 152 valence electrons. The van der Waals surface area contributed by atoms with E-state index >= 15 is 0 Å². The Hall–Kier alpha value is -3.78. The van der Waals surface area contributed by atoms with Gasteiger partial charge in [-0.2, -0.15) is 5.10 Å². The molecule has 0 fully saturated rings. The molecule has 0 bridgehead atoms. The lowest BCUT2D eigenvalue weighted by atomic mass is 10.1. The molecule has 0 aliphatic carbocycles. The van der Waals surface area contributed by atoms with Crippen LogP contribution < -0.4 is 10.1 Å². The van der Waals surface area contributed by atoms with Crippen LogP contribution in [0.15, 0.2) is 67.1 Å². The Morgan fingerprint density at radius 2 is 1.97 bits per heavy atom. The van der Waals surface area contributed by atoms with E-state index in [-0.39, 0.29) is 12.5 Å². The van der Waals surface area contributed by atoms with Crippen molar-refractivity contribution >= 4 is 11.4 Å². The predicted molar refractivity (Wildman–Crippen MR) is 110 cm³/mol. The van der Waals surface area contributed by atoms with E-state index in [2.05, 4.69) is 20.4 Å². The molecule has 30 heavy (non-hydrogen) atoms. The first-order valence-electron chi connectivity index (χ1n) is 9.50. The number of ether oxygens (including phenoxy) is 1. The van der Waals surface area contributed by atoms with Crippen molar-refractivity contribution < 1.29 is 14.6 Å². The topological polar surface area (TPSA) is 102 Å². The number of aromatic nitrogens is 4. The van der Waals surface area contributed by atoms with Crippen LogP contribution >= 0.6 is 0 Å². The molecule has 0 spiro atoms. The molecule has 0 aliphatic heterocycles. The standard InChI is InChI=1S/C22H21N5O3/c1-15-21(22(29)25-19(13-28)18-7-3-5-10-24-18)20-12-17(8-11-27(20)26-15)30-14-16-6-2-4-9-23-16/h2-12,19,28H,13-14H2,1H3,(H,25,29). The number of fused-ring (bicyclic) bond motifs is 1. The number of amides is 1. The van der Waals surface area contributed by atoms with Gasteiger partial charge in [-0.3, -0.25) is 14.8 Å². The summed E-state index contributed by atoms with van der Waals surface area (Å²) in [5, 5.41) is 17.0. The van der Waals surface area contributed by atoms with Gasteiger partial charge < -0.3 is 15.2 Å². The molecule has 0 saturated heterocycles. The Balaban J connectivity index is 1.58. The highest BCUT2D eigenvalue weighted by Crippen LogP contribution is 2.22. The van der Waals surface area contributed by atoms with Gasteiger partial charge in [0.15, 0.2) is 0 Å². The van der Waals surface area contributed by atoms with E-state index in [0.717, 1.165) is 5.69 Å². The molecule has 4 aromatic rings. The molecule has 1 atom stereocenters. The first-order chi connectivity index (χ1) is 14.7. The average molecular weight is 403 g/mol. The number of nitrogens with one attached hydrogen (secondary N) is 1. The lowest BCUT2D eigenvalue weighted by Crippen LogP contribution is -2.31. The molecule has 8 heteroatoms. The van der Waals surface area contributed by atoms with Crippen molar-refractivity contribution in [1.29, 1.82) is 0 Å². The van der Waals surface area contributed by atoms with Crippen LogP contribution in [-0.4, -0.2) is 37.2 Å². The summed E-state index contributed by atoms with van der Waals surface area (Å²) in [6.07, 6.45) is 5.08. The normalized spacial score (nSPS) is 11.9. The van der Waals surface area contributed by atoms with E-state index in [1.165, 1.54) is 0 Å². The summed E-state index contributed by atoms with van der Waals surface area (Å²) in [6, 6.07) is 13.9. The third-order valence-electron chi connectivity index (χ3n) is 4.65. The molecule has 1 amide bonds. The van der Waals surface area contributed by atoms with Crippen molar-refractivity contribution in [3.05, 3.63) is 89.8 Å². The molecule has 0 saturated carbocycles. The maximum absolute atomic E-state index is 13.0. The highest BCUT2D eigenvalue weighted by Gasteiger charge is 2.22. The van der Waals surface area contributed by atoms with Crippen LogP contribution in [0.4, 0.5) is 0 Å². The number of pyridine rings is 3. The fourth-order valence-electron chi connectivity index (χ4n) is 3.18. The first kappa shape index (κ1) is 19.5. The van der Waals surface area contributed by atoms with Crippen molar-refractivity contribution in [3.8, 4) is 5.75 Å². The van der Waals surface area contributed by atoms with Crippen LogP contribution in [0, 0.1) is 6.92 Å². The van der Waals surface area contributed by atoms with Crippen molar-refractivity contribution in [1.82, 2.24) is 24.9 Å². The Morgan fingerprint density at radius 3 is 2.67 bits per heavy atom. The molecule has 8 nitrogen and oxygen atoms in total. The minimum Gasteiger partial charge on any atom is -0.487 e. The summed E-state index contributed by atoms with van der Waals surface area (Å²) in [7, 11) is 0. The molecule has 4 rings (SSSR count). The third kappa shape index (κ3) is 4.13. The SMILES string of the molecule is Cc1nn2ccc(OCc3ccccn3)cc2c1C(=O)NC(CO)c1ccccn1. The van der Waals surface area contributed by atoms with E-state index in [0.29, 0.717) is 34.8 Å². The molecule has 1 unspecified atom stereocenters. The molecule has 0 aliphatic rings. The smallest absolute Gasteiger partial charge is 0.256 e. The molecular formula is C22H21N5O3. The van der Waals surface area contributed by atoms with Crippen molar-refractivity contribution in [2.24, 2.45) is 0 Å². The number of aryl methyl sites for hydroxylation is 1. The number of hydrogen-bond donors (Lipinski definition) is 2. The Labute approximate surface area is 173 Å². The highest BCUT2D eigenvalue weighted by atomic mass is 16.5. The van der Waals surface area contributed by atoms with Crippen molar-refractivity contribution in [3.63, 3.8) is 0 Å². The van der Waals surface area contributed by atoms with Crippen molar-refractivity contribution in [2.75, 3.05) is 6.61 Å². The van der Waals surface area contributed by atoms with Crippen LogP contribution in [0.5, 0.6) is 5.75 Å². The van der Waals surface area contributed by atoms with Gasteiger partial charge in [-0.15, -0.1) is 0 Å². The van der Waals surface area contributed by atoms with Gasteiger partial charge in [0, 0.05) is 24.7 Å². The van der Waals surface area contributed by atoms with Crippen LogP contribution in [0.25, 0.3) is 5.52 Å². The maximum atomic E-state index is 13.0. The Kier molecular flexibility index (Phi) is 5.67. The summed E-state index contributed by atoms with van der Waals surface area (Å²) >= 11 is 0. The van der Waals surface area contributed by atoms with Crippen LogP contribution in [0.2, 0.25) is 0 Å². The molecular weight excluding hydrogens is 382 g/mol. The number of aliphatic hydroxyl groups excluding tert-OH is 1. The van der Waals surface area contributed by atoms with Gasteiger partial charge in [0.1, 0.15) is 12.4 Å². The summed E-state index contributed by atoms with van der Waals surface area (Å²) in [5.41, 5.74) is 3.00. The summed E-state index contributed by atoms with van der Waals surface area (Å²) in [6.45, 7) is 1.82. The number of carbonyl (C=O) groups is 1. The molecule has 2 N–H and O–H groups in total. The Morgan fingerprint density at radius 1 is 1.17 bits per heavy atom. The van der Waals surface area contributed by atoms with E-state index in [1.807, 2.05) is 24.3 Å². The van der Waals surface area contributed by atoms with Gasteiger partial charge in [-0.25, -0.2) is 4.52 Å². The van der Waals surface area contributed by atoms with Gasteiger partial charge in [0.2, 0.25) is 0 Å². The lowest BCUT2D eigenvalue weighted by Gasteiger charge is -2.15. The van der Waals surface area contributed by atoms with E-state index in [1.54, 1.807) is 54.3 Å². The summed E-state index contributed by atoms with van der Waals surface area (Å²) in [4.78, 5) is 21.5. The zero-order valence-electron chi connectivity index (χ0n) is 16.4. The minimum absolute atomic E-state index is 0.264. The second-order valence-electron chi connectivity index (χ2n) is 6.73. The molecule has 4 aromatic heterocycles. The van der Waals surface area contributed by atoms with Crippen LogP contribution in [0.1, 0.15) is 33.5 Å². The average Bonchev–Trinajstić information content (AvgIpc) is 3.12. The number of rotatable bonds is 7. The first-order valence-corrected chi connectivity index (χ1v) is 9.50. The maximum Gasteiger partial charge on any atom is 0.256 e. The fraction of sp³-hybridized carbons (Fsp3) is 0.182. The molecule has 0 aromatic carbocycles. The number of aliphatic hydroxyl groups is 1. The molecule has 0 radical (unpaired) electrons. The number of hydrogen-bond acceptors (Lipinski definition) is 6. The highest BCUT2D eigenvalue weighted by molar-refractivity contribution is 6.02. The second kappa shape index (κ2) is 8.71. The summed E-state index contributed by atoms with van der Waals surface area (Å²) < 4.78 is 7.46. The lowest BCUT2D eigenvalue weighted by molar-refractivity contribution is 0.0915. The fourth-order valence-corrected chi connectivity index (χ4v) is 3.18. The zero-order chi connectivity index (χ0) is 20.9. The minimum atomic E-state index is -0.614. The Bertz CT molecular complexity index is 1150. The predicted octanol–water partition coefficient (Wildman–Crippen LogP) is 2.48. The van der Waals surface area contributed by atoms with Gasteiger partial charge >= 0.3 is 0 Å². The van der Waals surface area contributed by atoms with Gasteiger partial charge in [0.05, 0.1) is 40.8 Å². The zero-order valence-corrected chi connectivity index (χ0v) is 16.4.